The van der Waals surface area contributed by atoms with Crippen molar-refractivity contribution in [2.45, 2.75) is 283 Å². The number of allylic oxidation sites excluding steroid dienone is 4. The number of hydrogen-bond donors (Lipinski definition) is 3. The minimum Gasteiger partial charge on any atom is -0.462 e. The zero-order valence-electron chi connectivity index (χ0n) is 42.2. The summed E-state index contributed by atoms with van der Waals surface area (Å²) in [6, 6.07) is 0. The van der Waals surface area contributed by atoms with E-state index in [9.17, 15) is 24.2 Å². The standard InChI is InChI=1S/C54H103O10P/c1-3-5-7-9-11-13-15-17-19-21-23-25-27-29-31-33-35-37-39-41-43-45-53(57)61-49-52(50-63-65(59,60)62-48-51(56)47-55)64-54(58)46-44-42-40-38-36-34-32-30-28-26-24-22-20-18-16-14-12-10-8-6-4-2/h21-24,51-52,55-56H,3-20,25-50H2,1-2H3,(H,59,60)/b23-21-,24-22-. The van der Waals surface area contributed by atoms with Crippen LogP contribution < -0.4 is 0 Å². The largest absolute Gasteiger partial charge is 0.472 e. The molecule has 0 heterocycles. The zero-order chi connectivity index (χ0) is 47.6. The zero-order valence-corrected chi connectivity index (χ0v) is 43.1. The van der Waals surface area contributed by atoms with Crippen LogP contribution in [-0.2, 0) is 32.7 Å². The fourth-order valence-electron chi connectivity index (χ4n) is 7.87. The maximum absolute atomic E-state index is 12.7. The van der Waals surface area contributed by atoms with Crippen LogP contribution in [0.25, 0.3) is 0 Å². The van der Waals surface area contributed by atoms with Gasteiger partial charge in [0.25, 0.3) is 0 Å². The van der Waals surface area contributed by atoms with Crippen molar-refractivity contribution < 1.29 is 47.8 Å². The van der Waals surface area contributed by atoms with E-state index >= 15 is 0 Å². The molecule has 0 fully saturated rings. The number of carbonyl (C=O) groups is 2. The molecule has 0 rings (SSSR count). The molecule has 3 N–H and O–H groups in total. The molecular weight excluding hydrogens is 840 g/mol. The van der Waals surface area contributed by atoms with Crippen molar-refractivity contribution >= 4 is 19.8 Å². The monoisotopic (exact) mass is 943 g/mol. The fourth-order valence-corrected chi connectivity index (χ4v) is 8.66. The summed E-state index contributed by atoms with van der Waals surface area (Å²) in [5, 5.41) is 18.4. The van der Waals surface area contributed by atoms with Crippen LogP contribution in [0.1, 0.15) is 271 Å². The Balaban J connectivity index is 4.13. The Morgan fingerprint density at radius 2 is 0.754 bits per heavy atom. The second-order valence-electron chi connectivity index (χ2n) is 18.6. The average Bonchev–Trinajstić information content (AvgIpc) is 3.30. The Hall–Kier alpha value is -1.55. The maximum atomic E-state index is 12.7. The molecule has 0 radical (unpaired) electrons. The predicted molar refractivity (Wildman–Crippen MR) is 270 cm³/mol. The van der Waals surface area contributed by atoms with Gasteiger partial charge in [-0.15, -0.1) is 0 Å². The van der Waals surface area contributed by atoms with E-state index in [0.717, 1.165) is 38.5 Å². The second-order valence-corrected chi connectivity index (χ2v) is 20.1. The SMILES string of the molecule is CCCCCCCCCC/C=C\CCCCCCCCCCCC(=O)OCC(COP(=O)(O)OCC(O)CO)OC(=O)CCCCCCCCCCC/C=C\CCCCCCCCCC. The third kappa shape index (κ3) is 50.2. The highest BCUT2D eigenvalue weighted by Crippen LogP contribution is 2.43. The van der Waals surface area contributed by atoms with Gasteiger partial charge in [0.05, 0.1) is 19.8 Å². The van der Waals surface area contributed by atoms with Gasteiger partial charge in [-0.05, 0) is 64.2 Å². The fraction of sp³-hybridized carbons (Fsp3) is 0.889. The van der Waals surface area contributed by atoms with Gasteiger partial charge in [0.1, 0.15) is 12.7 Å². The number of carbonyl (C=O) groups excluding carboxylic acids is 2. The van der Waals surface area contributed by atoms with Gasteiger partial charge in [0.2, 0.25) is 0 Å². The van der Waals surface area contributed by atoms with Crippen molar-refractivity contribution in [2.24, 2.45) is 0 Å². The molecule has 0 aliphatic rings. The molecule has 384 valence electrons. The Morgan fingerprint density at radius 1 is 0.446 bits per heavy atom. The molecular formula is C54H103O10P. The molecule has 0 aromatic heterocycles. The third-order valence-electron chi connectivity index (χ3n) is 12.1. The Kier molecular flexibility index (Phi) is 49.1. The average molecular weight is 943 g/mol. The van der Waals surface area contributed by atoms with Crippen molar-refractivity contribution in [2.75, 3.05) is 26.4 Å². The van der Waals surface area contributed by atoms with Gasteiger partial charge in [-0.1, -0.05) is 218 Å². The second kappa shape index (κ2) is 50.3. The molecule has 0 aliphatic carbocycles. The van der Waals surface area contributed by atoms with Crippen molar-refractivity contribution in [3.05, 3.63) is 24.3 Å². The number of unbranched alkanes of at least 4 members (excludes halogenated alkanes) is 34. The number of esters is 2. The lowest BCUT2D eigenvalue weighted by Crippen LogP contribution is -2.29. The number of aliphatic hydroxyl groups is 2. The lowest BCUT2D eigenvalue weighted by molar-refractivity contribution is -0.161. The van der Waals surface area contributed by atoms with Crippen LogP contribution in [0.4, 0.5) is 0 Å². The topological polar surface area (TPSA) is 149 Å². The smallest absolute Gasteiger partial charge is 0.462 e. The first kappa shape index (κ1) is 63.5. The quantitative estimate of drug-likeness (QED) is 0.0233. The summed E-state index contributed by atoms with van der Waals surface area (Å²) >= 11 is 0. The van der Waals surface area contributed by atoms with E-state index in [1.54, 1.807) is 0 Å². The van der Waals surface area contributed by atoms with Gasteiger partial charge < -0.3 is 24.6 Å². The molecule has 3 unspecified atom stereocenters. The first-order chi connectivity index (χ1) is 31.7. The van der Waals surface area contributed by atoms with Gasteiger partial charge in [-0.3, -0.25) is 18.6 Å². The van der Waals surface area contributed by atoms with E-state index in [1.807, 2.05) is 0 Å². The summed E-state index contributed by atoms with van der Waals surface area (Å²) in [5.74, 6) is -0.916. The maximum Gasteiger partial charge on any atom is 0.472 e. The summed E-state index contributed by atoms with van der Waals surface area (Å²) in [4.78, 5) is 35.2. The minimum atomic E-state index is -4.62. The van der Waals surface area contributed by atoms with Gasteiger partial charge >= 0.3 is 19.8 Å². The first-order valence-electron chi connectivity index (χ1n) is 27.3. The van der Waals surface area contributed by atoms with Crippen molar-refractivity contribution in [1.29, 1.82) is 0 Å². The number of ether oxygens (including phenoxy) is 2. The van der Waals surface area contributed by atoms with Crippen LogP contribution in [-0.4, -0.2) is 65.7 Å². The molecule has 0 aromatic rings. The lowest BCUT2D eigenvalue weighted by atomic mass is 10.1. The summed E-state index contributed by atoms with van der Waals surface area (Å²) in [7, 11) is -4.62. The third-order valence-corrected chi connectivity index (χ3v) is 13.0. The number of phosphoric acid groups is 1. The highest BCUT2D eigenvalue weighted by molar-refractivity contribution is 7.47. The van der Waals surface area contributed by atoms with E-state index in [1.165, 1.54) is 193 Å². The summed E-state index contributed by atoms with van der Waals surface area (Å²) in [6.45, 7) is 2.43. The van der Waals surface area contributed by atoms with Gasteiger partial charge in [-0.2, -0.15) is 0 Å². The van der Waals surface area contributed by atoms with E-state index in [4.69, 9.17) is 23.6 Å². The highest BCUT2D eigenvalue weighted by atomic mass is 31.2. The number of hydrogen-bond acceptors (Lipinski definition) is 9. The molecule has 65 heavy (non-hydrogen) atoms. The molecule has 0 amide bonds. The van der Waals surface area contributed by atoms with Crippen LogP contribution in [0.2, 0.25) is 0 Å². The summed E-state index contributed by atoms with van der Waals surface area (Å²) < 4.78 is 32.9. The van der Waals surface area contributed by atoms with Crippen LogP contribution in [0, 0.1) is 0 Å². The summed E-state index contributed by atoms with van der Waals surface area (Å²) in [6.07, 6.45) is 54.3. The van der Waals surface area contributed by atoms with Crippen molar-refractivity contribution in [1.82, 2.24) is 0 Å². The van der Waals surface area contributed by atoms with Gasteiger partial charge in [0, 0.05) is 12.8 Å². The molecule has 0 spiro atoms. The molecule has 0 bridgehead atoms. The Bertz CT molecular complexity index is 1130. The normalized spacial score (nSPS) is 13.7. The molecule has 0 aliphatic heterocycles. The number of aliphatic hydroxyl groups excluding tert-OH is 2. The first-order valence-corrected chi connectivity index (χ1v) is 28.8. The number of phosphoric ester groups is 1. The van der Waals surface area contributed by atoms with E-state index in [2.05, 4.69) is 38.2 Å². The van der Waals surface area contributed by atoms with Crippen molar-refractivity contribution in [3.8, 4) is 0 Å². The Labute approximate surface area is 399 Å². The van der Waals surface area contributed by atoms with Crippen LogP contribution >= 0.6 is 7.82 Å². The van der Waals surface area contributed by atoms with Crippen LogP contribution in [0.15, 0.2) is 24.3 Å². The molecule has 3 atom stereocenters. The molecule has 0 saturated carbocycles. The highest BCUT2D eigenvalue weighted by Gasteiger charge is 2.27. The van der Waals surface area contributed by atoms with Gasteiger partial charge in [-0.25, -0.2) is 4.57 Å². The van der Waals surface area contributed by atoms with E-state index < -0.39 is 51.8 Å². The molecule has 0 aromatic carbocycles. The molecule has 0 saturated heterocycles. The predicted octanol–water partition coefficient (Wildman–Crippen LogP) is 15.7. The van der Waals surface area contributed by atoms with Crippen LogP contribution in [0.3, 0.4) is 0 Å². The Morgan fingerprint density at radius 3 is 1.11 bits per heavy atom. The lowest BCUT2D eigenvalue weighted by Gasteiger charge is -2.20. The number of rotatable bonds is 52. The van der Waals surface area contributed by atoms with Gasteiger partial charge in [0.15, 0.2) is 6.10 Å². The van der Waals surface area contributed by atoms with E-state index in [0.29, 0.717) is 12.8 Å². The van der Waals surface area contributed by atoms with Crippen LogP contribution in [0.5, 0.6) is 0 Å². The summed E-state index contributed by atoms with van der Waals surface area (Å²) in [5.41, 5.74) is 0. The minimum absolute atomic E-state index is 0.184. The molecule has 10 nitrogen and oxygen atoms in total. The molecule has 11 heteroatoms. The van der Waals surface area contributed by atoms with E-state index in [-0.39, 0.29) is 19.4 Å². The van der Waals surface area contributed by atoms with Crippen molar-refractivity contribution in [3.63, 3.8) is 0 Å².